The molecular formula is C17H25BrN2O. The minimum atomic E-state index is 0.152. The van der Waals surface area contributed by atoms with Crippen LogP contribution in [0.3, 0.4) is 0 Å². The summed E-state index contributed by atoms with van der Waals surface area (Å²) in [5.74, 6) is 1.26. The Morgan fingerprint density at radius 3 is 2.81 bits per heavy atom. The second-order valence-corrected chi connectivity index (χ2v) is 7.38. The quantitative estimate of drug-likeness (QED) is 0.852. The van der Waals surface area contributed by atoms with E-state index >= 15 is 0 Å². The van der Waals surface area contributed by atoms with Crippen LogP contribution < -0.4 is 5.73 Å². The van der Waals surface area contributed by atoms with Gasteiger partial charge in [0.25, 0.3) is 0 Å². The Morgan fingerprint density at radius 2 is 2.19 bits per heavy atom. The molecule has 1 aliphatic rings. The summed E-state index contributed by atoms with van der Waals surface area (Å²) in [6.45, 7) is 4.99. The van der Waals surface area contributed by atoms with Crippen molar-refractivity contribution >= 4 is 21.8 Å². The number of carbonyl (C=O) groups excluding carboxylic acids is 1. The predicted molar refractivity (Wildman–Crippen MR) is 90.1 cm³/mol. The number of amides is 1. The van der Waals surface area contributed by atoms with Crippen LogP contribution >= 0.6 is 15.9 Å². The molecule has 1 fully saturated rings. The van der Waals surface area contributed by atoms with E-state index in [9.17, 15) is 4.79 Å². The van der Waals surface area contributed by atoms with Gasteiger partial charge >= 0.3 is 0 Å². The molecule has 4 heteroatoms. The molecule has 1 amide bonds. The SMILES string of the molecule is CC(C)C(N)CCN(C)C(=O)C1CC1c1cccc(Br)c1. The fraction of sp³-hybridized carbons (Fsp3) is 0.588. The van der Waals surface area contributed by atoms with Crippen LogP contribution in [0.15, 0.2) is 28.7 Å². The van der Waals surface area contributed by atoms with Crippen LogP contribution in [-0.4, -0.2) is 30.4 Å². The van der Waals surface area contributed by atoms with Gasteiger partial charge in [-0.15, -0.1) is 0 Å². The molecule has 2 rings (SSSR count). The lowest BCUT2D eigenvalue weighted by atomic mass is 10.0. The smallest absolute Gasteiger partial charge is 0.226 e. The molecule has 0 spiro atoms. The van der Waals surface area contributed by atoms with Crippen LogP contribution in [0.1, 0.15) is 38.2 Å². The molecule has 0 aliphatic heterocycles. The summed E-state index contributed by atoms with van der Waals surface area (Å²) in [6.07, 6.45) is 1.84. The third-order valence-electron chi connectivity index (χ3n) is 4.41. The zero-order valence-corrected chi connectivity index (χ0v) is 14.6. The average molecular weight is 353 g/mol. The Kier molecular flexibility index (Phi) is 5.44. The molecule has 0 heterocycles. The lowest BCUT2D eigenvalue weighted by Gasteiger charge is -2.21. The Balaban J connectivity index is 1.85. The zero-order valence-electron chi connectivity index (χ0n) is 13.1. The van der Waals surface area contributed by atoms with Crippen LogP contribution in [0.2, 0.25) is 0 Å². The third-order valence-corrected chi connectivity index (χ3v) is 4.91. The van der Waals surface area contributed by atoms with E-state index < -0.39 is 0 Å². The summed E-state index contributed by atoms with van der Waals surface area (Å²) in [4.78, 5) is 14.3. The van der Waals surface area contributed by atoms with Gasteiger partial charge in [0.15, 0.2) is 0 Å². The first-order chi connectivity index (χ1) is 9.90. The molecular weight excluding hydrogens is 328 g/mol. The molecule has 0 aromatic heterocycles. The van der Waals surface area contributed by atoms with Gasteiger partial charge in [0.1, 0.15) is 0 Å². The summed E-state index contributed by atoms with van der Waals surface area (Å²) >= 11 is 3.49. The molecule has 3 atom stereocenters. The fourth-order valence-electron chi connectivity index (χ4n) is 2.64. The summed E-state index contributed by atoms with van der Waals surface area (Å²) in [6, 6.07) is 8.44. The van der Waals surface area contributed by atoms with Gasteiger partial charge in [-0.1, -0.05) is 41.9 Å². The molecule has 2 N–H and O–H groups in total. The number of hydrogen-bond acceptors (Lipinski definition) is 2. The second-order valence-electron chi connectivity index (χ2n) is 6.46. The van der Waals surface area contributed by atoms with Crippen molar-refractivity contribution in [2.75, 3.05) is 13.6 Å². The third kappa shape index (κ3) is 4.30. The highest BCUT2D eigenvalue weighted by molar-refractivity contribution is 9.10. The largest absolute Gasteiger partial charge is 0.345 e. The van der Waals surface area contributed by atoms with E-state index in [2.05, 4.69) is 41.9 Å². The van der Waals surface area contributed by atoms with Gasteiger partial charge < -0.3 is 10.6 Å². The normalized spacial score (nSPS) is 22.2. The summed E-state index contributed by atoms with van der Waals surface area (Å²) < 4.78 is 1.08. The highest BCUT2D eigenvalue weighted by Gasteiger charge is 2.45. The van der Waals surface area contributed by atoms with Gasteiger partial charge in [0.05, 0.1) is 0 Å². The van der Waals surface area contributed by atoms with E-state index in [1.807, 2.05) is 24.1 Å². The number of carbonyl (C=O) groups is 1. The summed E-state index contributed by atoms with van der Waals surface area (Å²) in [7, 11) is 1.89. The monoisotopic (exact) mass is 352 g/mol. The van der Waals surface area contributed by atoms with Crippen molar-refractivity contribution in [1.29, 1.82) is 0 Å². The molecule has 0 radical (unpaired) electrons. The van der Waals surface area contributed by atoms with Crippen LogP contribution in [0.4, 0.5) is 0 Å². The lowest BCUT2D eigenvalue weighted by molar-refractivity contribution is -0.131. The van der Waals surface area contributed by atoms with Crippen molar-refractivity contribution in [2.24, 2.45) is 17.6 Å². The number of nitrogens with zero attached hydrogens (tertiary/aromatic N) is 1. The van der Waals surface area contributed by atoms with Crippen molar-refractivity contribution < 1.29 is 4.79 Å². The van der Waals surface area contributed by atoms with Crippen molar-refractivity contribution in [3.05, 3.63) is 34.3 Å². The Bertz CT molecular complexity index is 503. The number of halogens is 1. The Hall–Kier alpha value is -0.870. The van der Waals surface area contributed by atoms with Gasteiger partial charge in [-0.25, -0.2) is 0 Å². The van der Waals surface area contributed by atoms with Gasteiger partial charge in [-0.05, 0) is 42.4 Å². The maximum absolute atomic E-state index is 12.4. The van der Waals surface area contributed by atoms with Crippen molar-refractivity contribution in [1.82, 2.24) is 4.90 Å². The molecule has 1 aliphatic carbocycles. The molecule has 1 aromatic carbocycles. The molecule has 1 aromatic rings. The van der Waals surface area contributed by atoms with Crippen LogP contribution in [0, 0.1) is 11.8 Å². The topological polar surface area (TPSA) is 46.3 Å². The van der Waals surface area contributed by atoms with Crippen LogP contribution in [0.25, 0.3) is 0 Å². The highest BCUT2D eigenvalue weighted by atomic mass is 79.9. The van der Waals surface area contributed by atoms with E-state index in [0.717, 1.165) is 23.9 Å². The van der Waals surface area contributed by atoms with Gasteiger partial charge in [-0.2, -0.15) is 0 Å². The molecule has 0 bridgehead atoms. The van der Waals surface area contributed by atoms with E-state index in [1.54, 1.807) is 0 Å². The molecule has 0 saturated heterocycles. The zero-order chi connectivity index (χ0) is 15.6. The Morgan fingerprint density at radius 1 is 1.48 bits per heavy atom. The first-order valence-electron chi connectivity index (χ1n) is 7.66. The minimum absolute atomic E-state index is 0.152. The van der Waals surface area contributed by atoms with Crippen molar-refractivity contribution in [2.45, 2.75) is 38.6 Å². The van der Waals surface area contributed by atoms with Gasteiger partial charge in [-0.3, -0.25) is 4.79 Å². The number of benzene rings is 1. The molecule has 3 nitrogen and oxygen atoms in total. The number of rotatable bonds is 6. The van der Waals surface area contributed by atoms with E-state index in [1.165, 1.54) is 5.56 Å². The minimum Gasteiger partial charge on any atom is -0.345 e. The van der Waals surface area contributed by atoms with Crippen LogP contribution in [-0.2, 0) is 4.79 Å². The van der Waals surface area contributed by atoms with E-state index in [-0.39, 0.29) is 17.9 Å². The first kappa shape index (κ1) is 16.5. The maximum atomic E-state index is 12.4. The summed E-state index contributed by atoms with van der Waals surface area (Å²) in [5.41, 5.74) is 7.31. The van der Waals surface area contributed by atoms with Crippen molar-refractivity contribution in [3.8, 4) is 0 Å². The summed E-state index contributed by atoms with van der Waals surface area (Å²) in [5, 5.41) is 0. The van der Waals surface area contributed by atoms with Crippen molar-refractivity contribution in [3.63, 3.8) is 0 Å². The first-order valence-corrected chi connectivity index (χ1v) is 8.45. The fourth-order valence-corrected chi connectivity index (χ4v) is 3.06. The van der Waals surface area contributed by atoms with E-state index in [4.69, 9.17) is 5.73 Å². The Labute approximate surface area is 136 Å². The van der Waals surface area contributed by atoms with E-state index in [0.29, 0.717) is 11.8 Å². The van der Waals surface area contributed by atoms with Crippen LogP contribution in [0.5, 0.6) is 0 Å². The molecule has 21 heavy (non-hydrogen) atoms. The standard InChI is InChI=1S/C17H25BrN2O/c1-11(2)16(19)7-8-20(3)17(21)15-10-14(15)12-5-4-6-13(18)9-12/h4-6,9,11,14-16H,7-8,10,19H2,1-3H3. The van der Waals surface area contributed by atoms with Gasteiger partial charge in [0.2, 0.25) is 5.91 Å². The number of hydrogen-bond donors (Lipinski definition) is 1. The molecule has 116 valence electrons. The lowest BCUT2D eigenvalue weighted by Crippen LogP contribution is -2.35. The predicted octanol–water partition coefficient (Wildman–Crippen LogP) is 3.38. The number of nitrogens with two attached hydrogens (primary N) is 1. The second kappa shape index (κ2) is 6.93. The maximum Gasteiger partial charge on any atom is 0.226 e. The average Bonchev–Trinajstić information content (AvgIpc) is 3.23. The molecule has 1 saturated carbocycles. The van der Waals surface area contributed by atoms with Gasteiger partial charge in [0, 0.05) is 30.0 Å². The molecule has 3 unspecified atom stereocenters. The highest BCUT2D eigenvalue weighted by Crippen LogP contribution is 2.48.